The van der Waals surface area contributed by atoms with Gasteiger partial charge in [-0.25, -0.2) is 19.6 Å². The van der Waals surface area contributed by atoms with Crippen molar-refractivity contribution in [3.05, 3.63) is 84.5 Å². The maximum absolute atomic E-state index is 13.6. The summed E-state index contributed by atoms with van der Waals surface area (Å²) in [6, 6.07) is 18.5. The molecule has 14 nitrogen and oxygen atoms in total. The van der Waals surface area contributed by atoms with Crippen LogP contribution in [0, 0.1) is 5.92 Å². The summed E-state index contributed by atoms with van der Waals surface area (Å²) in [5, 5.41) is 5.31. The molecule has 2 aromatic heterocycles. The number of nitrogens with zero attached hydrogens (tertiary/aromatic N) is 4. The third kappa shape index (κ3) is 7.55. The van der Waals surface area contributed by atoms with Gasteiger partial charge in [0.25, 0.3) is 0 Å². The molecule has 4 heterocycles. The molecule has 5 aromatic rings. The van der Waals surface area contributed by atoms with Gasteiger partial charge in [-0.3, -0.25) is 9.59 Å². The van der Waals surface area contributed by atoms with Gasteiger partial charge in [0.1, 0.15) is 23.7 Å². The second-order valence-corrected chi connectivity index (χ2v) is 14.9. The van der Waals surface area contributed by atoms with Crippen LogP contribution < -0.4 is 10.6 Å². The number of methoxy groups -OCH3 is 2. The van der Waals surface area contributed by atoms with Crippen LogP contribution in [0.3, 0.4) is 0 Å². The van der Waals surface area contributed by atoms with Crippen molar-refractivity contribution < 1.29 is 28.7 Å². The Morgan fingerprint density at radius 3 is 1.61 bits per heavy atom. The highest BCUT2D eigenvalue weighted by molar-refractivity contribution is 5.90. The summed E-state index contributed by atoms with van der Waals surface area (Å²) in [7, 11) is 2.55. The van der Waals surface area contributed by atoms with Crippen LogP contribution in [-0.4, -0.2) is 93.1 Å². The first-order valence-corrected chi connectivity index (χ1v) is 19.0. The number of rotatable bonds is 10. The summed E-state index contributed by atoms with van der Waals surface area (Å²) in [6.45, 7) is 10.6. The van der Waals surface area contributed by atoms with Crippen molar-refractivity contribution >= 4 is 46.1 Å². The fourth-order valence-corrected chi connectivity index (χ4v) is 7.83. The van der Waals surface area contributed by atoms with Crippen LogP contribution >= 0.6 is 0 Å². The van der Waals surface area contributed by atoms with E-state index in [2.05, 4.69) is 63.6 Å². The Balaban J connectivity index is 1.07. The Kier molecular flexibility index (Phi) is 10.8. The summed E-state index contributed by atoms with van der Waals surface area (Å²) in [4.78, 5) is 71.4. The SMILES string of the molecule is C=C(C)[C@H](NC(=O)OC)C(=O)N1CCC[C@H]1c1nc2ccc(-c3ccc(-c4ccc5nc([C@@H]6CCCN6C(=O)[C@@H](NC(=O)OC)C(C)C)[nH]c5c4)cc3)cc2[nH]1. The van der Waals surface area contributed by atoms with E-state index >= 15 is 0 Å². The van der Waals surface area contributed by atoms with Crippen molar-refractivity contribution in [2.75, 3.05) is 27.3 Å². The number of alkyl carbamates (subject to hydrolysis) is 2. The highest BCUT2D eigenvalue weighted by Crippen LogP contribution is 2.36. The molecular weight excluding hydrogens is 713 g/mol. The predicted molar refractivity (Wildman–Crippen MR) is 212 cm³/mol. The Labute approximate surface area is 325 Å². The van der Waals surface area contributed by atoms with E-state index < -0.39 is 24.3 Å². The highest BCUT2D eigenvalue weighted by atomic mass is 16.5. The van der Waals surface area contributed by atoms with E-state index in [1.165, 1.54) is 14.2 Å². The zero-order valence-electron chi connectivity index (χ0n) is 32.3. The second kappa shape index (κ2) is 15.9. The first-order valence-electron chi connectivity index (χ1n) is 19.0. The van der Waals surface area contributed by atoms with E-state index in [4.69, 9.17) is 19.4 Å². The summed E-state index contributed by atoms with van der Waals surface area (Å²) in [5.74, 6) is 0.946. The van der Waals surface area contributed by atoms with Crippen molar-refractivity contribution in [3.8, 4) is 22.3 Å². The van der Waals surface area contributed by atoms with Crippen molar-refractivity contribution in [2.24, 2.45) is 5.92 Å². The number of H-pyrrole nitrogens is 2. The molecule has 292 valence electrons. The molecule has 14 heteroatoms. The molecule has 0 spiro atoms. The maximum atomic E-state index is 13.6. The van der Waals surface area contributed by atoms with Crippen LogP contribution in [0.4, 0.5) is 9.59 Å². The molecule has 4 amide bonds. The standard InChI is InChI=1S/C42H48N8O6/c1-23(2)35(47-41(53)55-5)39(51)49-19-7-9-33(49)37-43-29-17-15-27(21-31(29)45-37)25-11-13-26(14-12-25)28-16-18-30-32(22-28)46-38(44-30)34-10-8-20-50(34)40(52)36(24(3)4)48-42(54)56-6/h11-18,21-22,24,33-36H,1,7-10,19-20H2,2-6H3,(H,43,45)(H,44,46)(H,47,53)(H,48,54)/t33-,34-,35-,36-/m0/s1. The molecule has 0 saturated carbocycles. The van der Waals surface area contributed by atoms with Gasteiger partial charge in [-0.1, -0.05) is 56.8 Å². The van der Waals surface area contributed by atoms with E-state index in [9.17, 15) is 19.2 Å². The minimum absolute atomic E-state index is 0.110. The van der Waals surface area contributed by atoms with Gasteiger partial charge in [-0.05, 0) is 90.6 Å². The average Bonchev–Trinajstić information content (AvgIpc) is 4.03. The summed E-state index contributed by atoms with van der Waals surface area (Å²) < 4.78 is 9.50. The molecule has 56 heavy (non-hydrogen) atoms. The lowest BCUT2D eigenvalue weighted by atomic mass is 10.00. The molecule has 3 aromatic carbocycles. The van der Waals surface area contributed by atoms with E-state index in [1.54, 1.807) is 11.8 Å². The van der Waals surface area contributed by atoms with Crippen LogP contribution in [0.2, 0.25) is 0 Å². The number of fused-ring (bicyclic) bond motifs is 2. The molecule has 0 bridgehead atoms. The molecule has 0 unspecified atom stereocenters. The molecule has 4 N–H and O–H groups in total. The lowest BCUT2D eigenvalue weighted by molar-refractivity contribution is -0.135. The minimum Gasteiger partial charge on any atom is -0.453 e. The zero-order chi connectivity index (χ0) is 39.7. The van der Waals surface area contributed by atoms with E-state index in [1.807, 2.05) is 43.0 Å². The van der Waals surface area contributed by atoms with E-state index in [0.717, 1.165) is 75.8 Å². The van der Waals surface area contributed by atoms with Gasteiger partial charge in [-0.15, -0.1) is 0 Å². The Morgan fingerprint density at radius 2 is 1.16 bits per heavy atom. The third-order valence-corrected chi connectivity index (χ3v) is 10.8. The second-order valence-electron chi connectivity index (χ2n) is 14.9. The number of carbonyl (C=O) groups is 4. The normalized spacial score (nSPS) is 18.0. The quantitative estimate of drug-likeness (QED) is 0.113. The fourth-order valence-electron chi connectivity index (χ4n) is 7.83. The number of aromatic nitrogens is 4. The van der Waals surface area contributed by atoms with Gasteiger partial charge < -0.3 is 39.9 Å². The molecule has 7 rings (SSSR count). The predicted octanol–water partition coefficient (Wildman–Crippen LogP) is 6.78. The lowest BCUT2D eigenvalue weighted by Gasteiger charge is -2.29. The van der Waals surface area contributed by atoms with Crippen molar-refractivity contribution in [1.29, 1.82) is 0 Å². The summed E-state index contributed by atoms with van der Waals surface area (Å²) in [5.41, 5.74) is 8.03. The number of amides is 4. The monoisotopic (exact) mass is 760 g/mol. The number of hydrogen-bond acceptors (Lipinski definition) is 8. The zero-order valence-corrected chi connectivity index (χ0v) is 32.3. The number of ether oxygens (including phenoxy) is 2. The van der Waals surface area contributed by atoms with Crippen molar-refractivity contribution in [3.63, 3.8) is 0 Å². The molecule has 2 aliphatic rings. The van der Waals surface area contributed by atoms with Gasteiger partial charge in [0, 0.05) is 13.1 Å². The Bertz CT molecular complexity index is 2300. The van der Waals surface area contributed by atoms with Gasteiger partial charge in [0.15, 0.2) is 0 Å². The van der Waals surface area contributed by atoms with Gasteiger partial charge in [0.05, 0.1) is 48.4 Å². The molecular formula is C42H48N8O6. The van der Waals surface area contributed by atoms with Crippen LogP contribution in [0.25, 0.3) is 44.3 Å². The lowest BCUT2D eigenvalue weighted by Crippen LogP contribution is -2.51. The molecule has 2 saturated heterocycles. The number of aromatic amines is 2. The maximum Gasteiger partial charge on any atom is 0.407 e. The van der Waals surface area contributed by atoms with Gasteiger partial charge >= 0.3 is 12.2 Å². The molecule has 2 aliphatic heterocycles. The summed E-state index contributed by atoms with van der Waals surface area (Å²) in [6.07, 6.45) is 1.88. The number of likely N-dealkylation sites (tertiary alicyclic amines) is 2. The Hall–Kier alpha value is -6.18. The van der Waals surface area contributed by atoms with Crippen LogP contribution in [0.15, 0.2) is 72.8 Å². The van der Waals surface area contributed by atoms with Gasteiger partial charge in [0.2, 0.25) is 11.8 Å². The topological polar surface area (TPSA) is 175 Å². The largest absolute Gasteiger partial charge is 0.453 e. The third-order valence-electron chi connectivity index (χ3n) is 10.8. The van der Waals surface area contributed by atoms with Gasteiger partial charge in [-0.2, -0.15) is 0 Å². The number of benzene rings is 3. The van der Waals surface area contributed by atoms with Crippen molar-refractivity contribution in [2.45, 2.75) is 70.6 Å². The fraction of sp³-hybridized carbons (Fsp3) is 0.381. The van der Waals surface area contributed by atoms with Crippen LogP contribution in [-0.2, 0) is 19.1 Å². The minimum atomic E-state index is -0.886. The first-order chi connectivity index (χ1) is 26.9. The smallest absolute Gasteiger partial charge is 0.407 e. The van der Waals surface area contributed by atoms with E-state index in [-0.39, 0.29) is 29.8 Å². The van der Waals surface area contributed by atoms with Crippen LogP contribution in [0.5, 0.6) is 0 Å². The molecule has 0 aliphatic carbocycles. The number of nitrogens with one attached hydrogen (secondary N) is 4. The van der Waals surface area contributed by atoms with Crippen molar-refractivity contribution in [1.82, 2.24) is 40.4 Å². The summed E-state index contributed by atoms with van der Waals surface area (Å²) >= 11 is 0. The number of hydrogen-bond donors (Lipinski definition) is 4. The number of imidazole rings is 2. The average molecular weight is 761 g/mol. The van der Waals surface area contributed by atoms with E-state index in [0.29, 0.717) is 24.5 Å². The molecule has 4 atom stereocenters. The molecule has 0 radical (unpaired) electrons. The number of carbonyl (C=O) groups excluding carboxylic acids is 4. The molecule has 2 fully saturated rings. The Morgan fingerprint density at radius 1 is 0.714 bits per heavy atom. The van der Waals surface area contributed by atoms with Crippen LogP contribution in [0.1, 0.15) is 70.2 Å². The first kappa shape index (κ1) is 38.1. The highest BCUT2D eigenvalue weighted by Gasteiger charge is 2.38.